The number of benzene rings is 1. The first kappa shape index (κ1) is 11.7. The van der Waals surface area contributed by atoms with Crippen LogP contribution in [0.1, 0.15) is 5.69 Å². The minimum absolute atomic E-state index is 0.779. The average Bonchev–Trinajstić information content (AvgIpc) is 3.11. The number of aromatic nitrogens is 2. The van der Waals surface area contributed by atoms with Crippen molar-refractivity contribution < 1.29 is 0 Å². The van der Waals surface area contributed by atoms with Gasteiger partial charge in [-0.05, 0) is 17.7 Å². The third-order valence-electron chi connectivity index (χ3n) is 2.55. The van der Waals surface area contributed by atoms with Gasteiger partial charge in [0.2, 0.25) is 5.13 Å². The summed E-state index contributed by atoms with van der Waals surface area (Å²) in [5.74, 6) is 0. The second kappa shape index (κ2) is 5.49. The predicted molar refractivity (Wildman–Crippen MR) is 79.6 cm³/mol. The minimum atomic E-state index is 0.779. The van der Waals surface area contributed by atoms with Crippen molar-refractivity contribution in [1.29, 1.82) is 0 Å². The minimum Gasteiger partial charge on any atom is -0.360 e. The third kappa shape index (κ3) is 2.89. The van der Waals surface area contributed by atoms with Crippen molar-refractivity contribution in [2.24, 2.45) is 5.10 Å². The number of nitrogens with zero attached hydrogens (tertiary/aromatic N) is 2. The zero-order chi connectivity index (χ0) is 12.9. The Morgan fingerprint density at radius 3 is 2.84 bits per heavy atom. The summed E-state index contributed by atoms with van der Waals surface area (Å²) in [6, 6.07) is 14.1. The largest absolute Gasteiger partial charge is 0.360 e. The summed E-state index contributed by atoms with van der Waals surface area (Å²) in [4.78, 5) is 8.47. The van der Waals surface area contributed by atoms with Crippen LogP contribution in [0.25, 0.3) is 10.4 Å². The maximum absolute atomic E-state index is 4.29. The maximum atomic E-state index is 4.29. The molecule has 0 saturated heterocycles. The molecule has 0 unspecified atom stereocenters. The number of aromatic amines is 1. The molecule has 94 valence electrons. The number of rotatable bonds is 4. The Morgan fingerprint density at radius 2 is 2.05 bits per heavy atom. The quantitative estimate of drug-likeness (QED) is 0.561. The van der Waals surface area contributed by atoms with Crippen LogP contribution >= 0.6 is 11.3 Å². The average molecular weight is 268 g/mol. The molecule has 0 aliphatic rings. The van der Waals surface area contributed by atoms with Gasteiger partial charge in [0.05, 0.1) is 16.8 Å². The molecule has 2 heterocycles. The first-order valence-corrected chi connectivity index (χ1v) is 6.67. The molecule has 1 aromatic carbocycles. The fourth-order valence-corrected chi connectivity index (χ4v) is 2.41. The van der Waals surface area contributed by atoms with E-state index in [0.29, 0.717) is 0 Å². The van der Waals surface area contributed by atoms with Crippen molar-refractivity contribution in [2.45, 2.75) is 0 Å². The van der Waals surface area contributed by atoms with Gasteiger partial charge in [-0.25, -0.2) is 4.98 Å². The molecule has 19 heavy (non-hydrogen) atoms. The second-order valence-corrected chi connectivity index (χ2v) is 4.92. The van der Waals surface area contributed by atoms with Crippen molar-refractivity contribution >= 4 is 22.7 Å². The van der Waals surface area contributed by atoms with Crippen LogP contribution in [0.2, 0.25) is 0 Å². The van der Waals surface area contributed by atoms with Crippen LogP contribution in [0.4, 0.5) is 5.13 Å². The first-order chi connectivity index (χ1) is 9.42. The molecule has 4 nitrogen and oxygen atoms in total. The van der Waals surface area contributed by atoms with Gasteiger partial charge in [0.25, 0.3) is 0 Å². The van der Waals surface area contributed by atoms with E-state index in [9.17, 15) is 0 Å². The van der Waals surface area contributed by atoms with Crippen LogP contribution < -0.4 is 5.43 Å². The molecule has 3 rings (SSSR count). The van der Waals surface area contributed by atoms with Crippen molar-refractivity contribution in [1.82, 2.24) is 9.97 Å². The Morgan fingerprint density at radius 1 is 1.16 bits per heavy atom. The molecule has 0 aliphatic carbocycles. The Hall–Kier alpha value is -2.40. The highest BCUT2D eigenvalue weighted by molar-refractivity contribution is 7.18. The summed E-state index contributed by atoms with van der Waals surface area (Å²) in [6.07, 6.45) is 5.44. The molecule has 0 aliphatic heterocycles. The second-order valence-electron chi connectivity index (χ2n) is 3.89. The Balaban J connectivity index is 1.69. The predicted octanol–water partition coefficient (Wildman–Crippen LogP) is 3.58. The highest BCUT2D eigenvalue weighted by Crippen LogP contribution is 2.28. The molecular formula is C14H12N4S. The van der Waals surface area contributed by atoms with E-state index >= 15 is 0 Å². The third-order valence-corrected chi connectivity index (χ3v) is 3.50. The summed E-state index contributed by atoms with van der Waals surface area (Å²) in [7, 11) is 0. The molecule has 2 N–H and O–H groups in total. The van der Waals surface area contributed by atoms with Gasteiger partial charge in [-0.1, -0.05) is 41.7 Å². The number of anilines is 1. The first-order valence-electron chi connectivity index (χ1n) is 5.85. The SMILES string of the molecule is C(=N\Nc1ncc(-c2ccccc2)s1)/c1ccc[nH]1. The van der Waals surface area contributed by atoms with Crippen LogP contribution in [0, 0.1) is 0 Å². The van der Waals surface area contributed by atoms with Gasteiger partial charge in [-0.15, -0.1) is 0 Å². The molecule has 0 amide bonds. The van der Waals surface area contributed by atoms with Crippen LogP contribution in [-0.2, 0) is 0 Å². The number of thiazole rings is 1. The highest BCUT2D eigenvalue weighted by Gasteiger charge is 2.02. The molecule has 5 heteroatoms. The standard InChI is InChI=1S/C14H12N4S/c1-2-5-11(6-3-1)13-10-16-14(19-13)18-17-9-12-7-4-8-15-12/h1-10,15H,(H,16,18)/b17-9+. The van der Waals surface area contributed by atoms with Gasteiger partial charge in [-0.2, -0.15) is 5.10 Å². The fourth-order valence-electron chi connectivity index (χ4n) is 1.64. The normalized spacial score (nSPS) is 10.9. The number of hydrogen-bond donors (Lipinski definition) is 2. The number of H-pyrrole nitrogens is 1. The van der Waals surface area contributed by atoms with E-state index in [1.54, 1.807) is 17.6 Å². The number of nitrogens with one attached hydrogen (secondary N) is 2. The molecule has 0 radical (unpaired) electrons. The van der Waals surface area contributed by atoms with Crippen molar-refractivity contribution in [3.8, 4) is 10.4 Å². The van der Waals surface area contributed by atoms with Gasteiger partial charge < -0.3 is 4.98 Å². The lowest BCUT2D eigenvalue weighted by atomic mass is 10.2. The van der Waals surface area contributed by atoms with E-state index in [4.69, 9.17) is 0 Å². The molecule has 3 aromatic rings. The molecule has 0 atom stereocenters. The van der Waals surface area contributed by atoms with E-state index in [1.165, 1.54) is 5.56 Å². The van der Waals surface area contributed by atoms with Gasteiger partial charge in [0.1, 0.15) is 0 Å². The Labute approximate surface area is 114 Å². The molecular weight excluding hydrogens is 256 g/mol. The Kier molecular flexibility index (Phi) is 3.38. The van der Waals surface area contributed by atoms with Crippen molar-refractivity contribution in [3.05, 3.63) is 60.6 Å². The topological polar surface area (TPSA) is 53.1 Å². The fraction of sp³-hybridized carbons (Fsp3) is 0. The number of hydrazone groups is 1. The van der Waals surface area contributed by atoms with Gasteiger partial charge in [0.15, 0.2) is 0 Å². The zero-order valence-electron chi connectivity index (χ0n) is 10.1. The summed E-state index contributed by atoms with van der Waals surface area (Å²) >= 11 is 1.58. The zero-order valence-corrected chi connectivity index (χ0v) is 10.9. The van der Waals surface area contributed by atoms with E-state index in [-0.39, 0.29) is 0 Å². The summed E-state index contributed by atoms with van der Waals surface area (Å²) in [6.45, 7) is 0. The van der Waals surface area contributed by atoms with E-state index in [0.717, 1.165) is 15.7 Å². The molecule has 0 spiro atoms. The summed E-state index contributed by atoms with van der Waals surface area (Å²) in [5, 5.41) is 4.91. The molecule has 2 aromatic heterocycles. The van der Waals surface area contributed by atoms with Crippen LogP contribution in [0.15, 0.2) is 60.0 Å². The van der Waals surface area contributed by atoms with E-state index in [1.807, 2.05) is 42.7 Å². The summed E-state index contributed by atoms with van der Waals surface area (Å²) < 4.78 is 0. The summed E-state index contributed by atoms with van der Waals surface area (Å²) in [5.41, 5.74) is 5.05. The molecule has 0 fully saturated rings. The maximum Gasteiger partial charge on any atom is 0.203 e. The van der Waals surface area contributed by atoms with Crippen LogP contribution in [-0.4, -0.2) is 16.2 Å². The van der Waals surface area contributed by atoms with Crippen LogP contribution in [0.5, 0.6) is 0 Å². The highest BCUT2D eigenvalue weighted by atomic mass is 32.1. The lowest BCUT2D eigenvalue weighted by Crippen LogP contribution is -1.89. The monoisotopic (exact) mass is 268 g/mol. The lowest BCUT2D eigenvalue weighted by molar-refractivity contribution is 1.28. The Bertz CT molecular complexity index is 656. The van der Waals surface area contributed by atoms with E-state index < -0.39 is 0 Å². The van der Waals surface area contributed by atoms with E-state index in [2.05, 4.69) is 32.6 Å². The van der Waals surface area contributed by atoms with Crippen LogP contribution in [0.3, 0.4) is 0 Å². The molecule has 0 bridgehead atoms. The van der Waals surface area contributed by atoms with Gasteiger partial charge >= 0.3 is 0 Å². The lowest BCUT2D eigenvalue weighted by Gasteiger charge is -1.94. The number of hydrogen-bond acceptors (Lipinski definition) is 4. The van der Waals surface area contributed by atoms with Crippen molar-refractivity contribution in [2.75, 3.05) is 5.43 Å². The van der Waals surface area contributed by atoms with Crippen molar-refractivity contribution in [3.63, 3.8) is 0 Å². The van der Waals surface area contributed by atoms with Gasteiger partial charge in [-0.3, -0.25) is 5.43 Å². The molecule has 0 saturated carbocycles. The smallest absolute Gasteiger partial charge is 0.203 e. The van der Waals surface area contributed by atoms with Gasteiger partial charge in [0, 0.05) is 12.4 Å².